The zero-order valence-electron chi connectivity index (χ0n) is 22.8. The van der Waals surface area contributed by atoms with Crippen molar-refractivity contribution < 1.29 is 0 Å². The Morgan fingerprint density at radius 2 is 0.762 bits per heavy atom. The molecule has 1 aromatic heterocycles. The molecular weight excluding hydrogens is 510 g/mol. The van der Waals surface area contributed by atoms with Crippen molar-refractivity contribution in [1.82, 2.24) is 15.0 Å². The first kappa shape index (κ1) is 24.2. The van der Waals surface area contributed by atoms with E-state index in [1.165, 1.54) is 21.7 Å². The normalized spacial score (nSPS) is 11.3. The number of hydrogen-bond donors (Lipinski definition) is 0. The van der Waals surface area contributed by atoms with E-state index >= 15 is 0 Å². The number of rotatable bonds is 4. The third-order valence-electron chi connectivity index (χ3n) is 7.90. The molecule has 0 aliphatic heterocycles. The van der Waals surface area contributed by atoms with E-state index in [9.17, 15) is 0 Å². The number of benzene rings is 7. The van der Waals surface area contributed by atoms with E-state index in [1.807, 2.05) is 0 Å². The van der Waals surface area contributed by atoms with Gasteiger partial charge in [0, 0.05) is 16.7 Å². The summed E-state index contributed by atoms with van der Waals surface area (Å²) in [6.45, 7) is 0. The Kier molecular flexibility index (Phi) is 5.79. The second-order valence-corrected chi connectivity index (χ2v) is 10.5. The maximum Gasteiger partial charge on any atom is 0.164 e. The van der Waals surface area contributed by atoms with E-state index in [4.69, 9.17) is 15.0 Å². The van der Waals surface area contributed by atoms with Gasteiger partial charge in [-0.25, -0.2) is 15.0 Å². The molecule has 8 aromatic rings. The Bertz CT molecular complexity index is 2250. The molecule has 1 heterocycles. The molecule has 0 aliphatic carbocycles. The van der Waals surface area contributed by atoms with Gasteiger partial charge in [0.1, 0.15) is 0 Å². The average molecular weight is 536 g/mol. The predicted molar refractivity (Wildman–Crippen MR) is 174 cm³/mol. The third-order valence-corrected chi connectivity index (χ3v) is 7.90. The molecule has 3 nitrogen and oxygen atoms in total. The molecule has 42 heavy (non-hydrogen) atoms. The highest BCUT2D eigenvalue weighted by atomic mass is 15.0. The van der Waals surface area contributed by atoms with Gasteiger partial charge in [-0.2, -0.15) is 0 Å². The van der Waals surface area contributed by atoms with Crippen LogP contribution in [0.3, 0.4) is 0 Å². The van der Waals surface area contributed by atoms with Crippen LogP contribution in [0.2, 0.25) is 0 Å². The van der Waals surface area contributed by atoms with Crippen molar-refractivity contribution in [1.29, 1.82) is 0 Å². The topological polar surface area (TPSA) is 38.7 Å². The lowest BCUT2D eigenvalue weighted by Crippen LogP contribution is -2.00. The maximum absolute atomic E-state index is 5.03. The van der Waals surface area contributed by atoms with Crippen LogP contribution in [-0.4, -0.2) is 15.0 Å². The fourth-order valence-corrected chi connectivity index (χ4v) is 5.68. The molecule has 0 bridgehead atoms. The lowest BCUT2D eigenvalue weighted by molar-refractivity contribution is 1.08. The average Bonchev–Trinajstić information content (AvgIpc) is 3.07. The summed E-state index contributed by atoms with van der Waals surface area (Å²) in [5.74, 6) is 1.98. The van der Waals surface area contributed by atoms with Crippen LogP contribution in [0.5, 0.6) is 0 Å². The van der Waals surface area contributed by atoms with E-state index in [0.29, 0.717) is 17.5 Å². The first-order valence-corrected chi connectivity index (χ1v) is 14.1. The van der Waals surface area contributed by atoms with Gasteiger partial charge in [-0.15, -0.1) is 0 Å². The number of nitrogens with zero attached hydrogens (tertiary/aromatic N) is 3. The lowest BCUT2D eigenvalue weighted by atomic mass is 10.00. The molecular formula is C39H25N3. The summed E-state index contributed by atoms with van der Waals surface area (Å²) in [7, 11) is 0. The van der Waals surface area contributed by atoms with E-state index < -0.39 is 0 Å². The molecule has 0 radical (unpaired) electrons. The van der Waals surface area contributed by atoms with E-state index in [1.54, 1.807) is 0 Å². The SMILES string of the molecule is c1ccc2cc(-c3ccc(-c4nc(-c5ccc6ccccc6c5)nc(-c5cccc6ccccc56)n4)cc3)ccc2c1. The molecule has 0 fully saturated rings. The van der Waals surface area contributed by atoms with Crippen molar-refractivity contribution in [3.63, 3.8) is 0 Å². The standard InChI is InChI=1S/C39H25N3/c1-3-11-31-24-33(22-18-26(31)8-1)28-16-20-30(21-17-28)37-40-38(34-23-19-27-9-2-4-12-32(27)25-34)42-39(41-37)36-15-7-13-29-10-5-6-14-35(29)36/h1-25H. The molecule has 0 atom stereocenters. The summed E-state index contributed by atoms with van der Waals surface area (Å²) < 4.78 is 0. The van der Waals surface area contributed by atoms with Gasteiger partial charge in [0.15, 0.2) is 17.5 Å². The highest BCUT2D eigenvalue weighted by molar-refractivity contribution is 5.95. The monoisotopic (exact) mass is 535 g/mol. The molecule has 8 rings (SSSR count). The zero-order chi connectivity index (χ0) is 27.9. The Hall–Kier alpha value is -5.67. The van der Waals surface area contributed by atoms with Crippen LogP contribution < -0.4 is 0 Å². The smallest absolute Gasteiger partial charge is 0.164 e. The molecule has 0 saturated carbocycles. The summed E-state index contributed by atoms with van der Waals surface area (Å²) in [5.41, 5.74) is 5.25. The van der Waals surface area contributed by atoms with Crippen LogP contribution in [0.4, 0.5) is 0 Å². The maximum atomic E-state index is 5.03. The molecule has 196 valence electrons. The zero-order valence-corrected chi connectivity index (χ0v) is 22.8. The molecule has 0 unspecified atom stereocenters. The minimum Gasteiger partial charge on any atom is -0.208 e. The minimum absolute atomic E-state index is 0.654. The van der Waals surface area contributed by atoms with Crippen LogP contribution in [0, 0.1) is 0 Å². The Balaban J connectivity index is 1.27. The minimum atomic E-state index is 0.654. The fraction of sp³-hybridized carbons (Fsp3) is 0. The summed E-state index contributed by atoms with van der Waals surface area (Å²) in [6.07, 6.45) is 0. The Labute approximate surface area is 243 Å². The third kappa shape index (κ3) is 4.38. The lowest BCUT2D eigenvalue weighted by Gasteiger charge is -2.11. The van der Waals surface area contributed by atoms with Crippen LogP contribution in [0.1, 0.15) is 0 Å². The molecule has 0 saturated heterocycles. The van der Waals surface area contributed by atoms with Gasteiger partial charge < -0.3 is 0 Å². The van der Waals surface area contributed by atoms with Crippen LogP contribution in [0.25, 0.3) is 77.6 Å². The highest BCUT2D eigenvalue weighted by Crippen LogP contribution is 2.32. The molecule has 3 heteroatoms. The summed E-state index contributed by atoms with van der Waals surface area (Å²) in [5, 5.41) is 7.09. The quantitative estimate of drug-likeness (QED) is 0.225. The van der Waals surface area contributed by atoms with Crippen LogP contribution >= 0.6 is 0 Å². The van der Waals surface area contributed by atoms with E-state index in [2.05, 4.69) is 152 Å². The van der Waals surface area contributed by atoms with Crippen molar-refractivity contribution in [2.24, 2.45) is 0 Å². The number of fused-ring (bicyclic) bond motifs is 3. The van der Waals surface area contributed by atoms with Crippen LogP contribution in [0.15, 0.2) is 152 Å². The van der Waals surface area contributed by atoms with Gasteiger partial charge in [-0.1, -0.05) is 140 Å². The van der Waals surface area contributed by atoms with Gasteiger partial charge >= 0.3 is 0 Å². The predicted octanol–water partition coefficient (Wildman–Crippen LogP) is 10.00. The Morgan fingerprint density at radius 1 is 0.286 bits per heavy atom. The number of hydrogen-bond acceptors (Lipinski definition) is 3. The molecule has 0 spiro atoms. The fourth-order valence-electron chi connectivity index (χ4n) is 5.68. The van der Waals surface area contributed by atoms with Crippen molar-refractivity contribution in [2.45, 2.75) is 0 Å². The molecule has 0 amide bonds. The van der Waals surface area contributed by atoms with Crippen molar-refractivity contribution in [3.05, 3.63) is 152 Å². The molecule has 0 aliphatic rings. The molecule has 7 aromatic carbocycles. The second-order valence-electron chi connectivity index (χ2n) is 10.5. The van der Waals surface area contributed by atoms with Crippen LogP contribution in [-0.2, 0) is 0 Å². The van der Waals surface area contributed by atoms with Crippen molar-refractivity contribution in [3.8, 4) is 45.3 Å². The summed E-state index contributed by atoms with van der Waals surface area (Å²) in [4.78, 5) is 15.1. The first-order chi connectivity index (χ1) is 20.8. The first-order valence-electron chi connectivity index (χ1n) is 14.1. The van der Waals surface area contributed by atoms with Gasteiger partial charge in [0.05, 0.1) is 0 Å². The van der Waals surface area contributed by atoms with Gasteiger partial charge in [-0.3, -0.25) is 0 Å². The summed E-state index contributed by atoms with van der Waals surface area (Å²) >= 11 is 0. The summed E-state index contributed by atoms with van der Waals surface area (Å²) in [6, 6.07) is 52.9. The van der Waals surface area contributed by atoms with Gasteiger partial charge in [0.2, 0.25) is 0 Å². The highest BCUT2D eigenvalue weighted by Gasteiger charge is 2.15. The van der Waals surface area contributed by atoms with Gasteiger partial charge in [-0.05, 0) is 55.6 Å². The largest absolute Gasteiger partial charge is 0.208 e. The molecule has 0 N–H and O–H groups in total. The number of aromatic nitrogens is 3. The van der Waals surface area contributed by atoms with E-state index in [-0.39, 0.29) is 0 Å². The second kappa shape index (κ2) is 10.1. The van der Waals surface area contributed by atoms with Crippen molar-refractivity contribution >= 4 is 32.3 Å². The van der Waals surface area contributed by atoms with Gasteiger partial charge in [0.25, 0.3) is 0 Å². The van der Waals surface area contributed by atoms with E-state index in [0.717, 1.165) is 38.4 Å². The van der Waals surface area contributed by atoms with Crippen molar-refractivity contribution in [2.75, 3.05) is 0 Å². The Morgan fingerprint density at radius 3 is 1.48 bits per heavy atom.